The molecule has 0 radical (unpaired) electrons. The van der Waals surface area contributed by atoms with Gasteiger partial charge in [-0.15, -0.1) is 11.3 Å². The molecule has 0 fully saturated rings. The van der Waals surface area contributed by atoms with Gasteiger partial charge in [0.05, 0.1) is 10.0 Å². The Labute approximate surface area is 97.2 Å². The summed E-state index contributed by atoms with van der Waals surface area (Å²) in [5, 5.41) is 10.1. The molecule has 0 saturated heterocycles. The Morgan fingerprint density at radius 1 is 1.40 bits per heavy atom. The third-order valence-corrected chi connectivity index (χ3v) is 3.46. The van der Waals surface area contributed by atoms with Crippen LogP contribution in [-0.2, 0) is 0 Å². The van der Waals surface area contributed by atoms with Gasteiger partial charge in [0.2, 0.25) is 0 Å². The normalized spacial score (nSPS) is 12.7. The van der Waals surface area contributed by atoms with Gasteiger partial charge in [0.15, 0.2) is 0 Å². The van der Waals surface area contributed by atoms with Crippen molar-refractivity contribution < 1.29 is 5.11 Å². The number of aliphatic hydroxyl groups is 1. The number of hydrogen-bond acceptors (Lipinski definition) is 3. The summed E-state index contributed by atoms with van der Waals surface area (Å²) in [5.41, 5.74) is 1.67. The fourth-order valence-corrected chi connectivity index (χ4v) is 2.44. The Bertz CT molecular complexity index is 469. The number of nitrogens with zero attached hydrogens (tertiary/aromatic N) is 1. The first-order valence-corrected chi connectivity index (χ1v) is 5.73. The first-order valence-electron chi connectivity index (χ1n) is 4.53. The summed E-state index contributed by atoms with van der Waals surface area (Å²) in [6.45, 7) is 1.93. The Morgan fingerprint density at radius 3 is 2.80 bits per heavy atom. The maximum Gasteiger partial charge on any atom is 0.130 e. The third kappa shape index (κ3) is 2.20. The minimum Gasteiger partial charge on any atom is -0.381 e. The highest BCUT2D eigenvalue weighted by molar-refractivity contribution is 7.16. The molecule has 2 aromatic heterocycles. The number of rotatable bonds is 2. The van der Waals surface area contributed by atoms with Crippen molar-refractivity contribution in [2.45, 2.75) is 13.0 Å². The van der Waals surface area contributed by atoms with Crippen molar-refractivity contribution in [1.29, 1.82) is 0 Å². The lowest BCUT2D eigenvalue weighted by atomic mass is 10.1. The van der Waals surface area contributed by atoms with Gasteiger partial charge in [-0.25, -0.2) is 0 Å². The molecule has 4 heteroatoms. The topological polar surface area (TPSA) is 33.1 Å². The van der Waals surface area contributed by atoms with Crippen LogP contribution in [0.15, 0.2) is 30.5 Å². The summed E-state index contributed by atoms with van der Waals surface area (Å²) in [6.07, 6.45) is 1.00. The molecule has 0 amide bonds. The van der Waals surface area contributed by atoms with Crippen molar-refractivity contribution in [2.75, 3.05) is 0 Å². The van der Waals surface area contributed by atoms with Crippen LogP contribution in [0.3, 0.4) is 0 Å². The van der Waals surface area contributed by atoms with E-state index in [9.17, 15) is 5.11 Å². The van der Waals surface area contributed by atoms with Gasteiger partial charge >= 0.3 is 0 Å². The average molecular weight is 240 g/mol. The Hall–Kier alpha value is -0.900. The van der Waals surface area contributed by atoms with Crippen LogP contribution in [0.2, 0.25) is 4.34 Å². The minimum atomic E-state index is -0.677. The van der Waals surface area contributed by atoms with Gasteiger partial charge in [-0.05, 0) is 30.7 Å². The fourth-order valence-electron chi connectivity index (χ4n) is 1.39. The molecule has 15 heavy (non-hydrogen) atoms. The summed E-state index contributed by atoms with van der Waals surface area (Å²) in [6, 6.07) is 7.39. The smallest absolute Gasteiger partial charge is 0.130 e. The first-order chi connectivity index (χ1) is 7.18. The van der Waals surface area contributed by atoms with Crippen molar-refractivity contribution in [3.8, 4) is 0 Å². The molecule has 0 aliphatic carbocycles. The highest BCUT2D eigenvalue weighted by atomic mass is 35.5. The molecule has 78 valence electrons. The van der Waals surface area contributed by atoms with Gasteiger partial charge in [-0.3, -0.25) is 4.98 Å². The highest BCUT2D eigenvalue weighted by Crippen LogP contribution is 2.30. The Kier molecular flexibility index (Phi) is 3.05. The molecule has 2 aromatic rings. The number of thiophene rings is 1. The van der Waals surface area contributed by atoms with E-state index in [4.69, 9.17) is 11.6 Å². The Balaban J connectivity index is 2.36. The SMILES string of the molecule is Cc1cccnc1C(O)c1ccc(Cl)s1. The van der Waals surface area contributed by atoms with Crippen LogP contribution < -0.4 is 0 Å². The number of hydrogen-bond donors (Lipinski definition) is 1. The van der Waals surface area contributed by atoms with E-state index in [0.717, 1.165) is 10.4 Å². The van der Waals surface area contributed by atoms with Gasteiger partial charge in [-0.2, -0.15) is 0 Å². The highest BCUT2D eigenvalue weighted by Gasteiger charge is 2.15. The van der Waals surface area contributed by atoms with Crippen LogP contribution in [0.5, 0.6) is 0 Å². The van der Waals surface area contributed by atoms with Crippen LogP contribution in [0.4, 0.5) is 0 Å². The summed E-state index contributed by atoms with van der Waals surface area (Å²) in [4.78, 5) is 5.00. The zero-order valence-electron chi connectivity index (χ0n) is 8.14. The molecule has 2 rings (SSSR count). The van der Waals surface area contributed by atoms with Gasteiger partial charge in [0.1, 0.15) is 6.10 Å². The minimum absolute atomic E-state index is 0.677. The van der Waals surface area contributed by atoms with Crippen molar-refractivity contribution in [1.82, 2.24) is 4.98 Å². The molecule has 0 spiro atoms. The monoisotopic (exact) mass is 239 g/mol. The largest absolute Gasteiger partial charge is 0.381 e. The maximum absolute atomic E-state index is 10.1. The van der Waals surface area contributed by atoms with Crippen molar-refractivity contribution in [3.05, 3.63) is 50.9 Å². The molecule has 1 unspecified atom stereocenters. The van der Waals surface area contributed by atoms with E-state index >= 15 is 0 Å². The molecule has 1 N–H and O–H groups in total. The molecule has 0 saturated carbocycles. The number of aliphatic hydroxyl groups excluding tert-OH is 1. The molecule has 0 bridgehead atoms. The molecular formula is C11H10ClNOS. The van der Waals surface area contributed by atoms with E-state index in [1.807, 2.05) is 25.1 Å². The van der Waals surface area contributed by atoms with E-state index in [-0.39, 0.29) is 0 Å². The second-order valence-electron chi connectivity index (χ2n) is 3.25. The van der Waals surface area contributed by atoms with Crippen molar-refractivity contribution in [3.63, 3.8) is 0 Å². The van der Waals surface area contributed by atoms with E-state index in [0.29, 0.717) is 10.0 Å². The fraction of sp³-hybridized carbons (Fsp3) is 0.182. The molecule has 0 aliphatic rings. The zero-order valence-corrected chi connectivity index (χ0v) is 9.72. The van der Waals surface area contributed by atoms with E-state index in [1.54, 1.807) is 12.3 Å². The third-order valence-electron chi connectivity index (χ3n) is 2.17. The van der Waals surface area contributed by atoms with Crippen LogP contribution in [0.1, 0.15) is 22.2 Å². The van der Waals surface area contributed by atoms with Gasteiger partial charge in [0, 0.05) is 11.1 Å². The second kappa shape index (κ2) is 4.31. The number of aromatic nitrogens is 1. The average Bonchev–Trinajstić information content (AvgIpc) is 2.65. The quantitative estimate of drug-likeness (QED) is 0.873. The number of aryl methyl sites for hydroxylation is 1. The van der Waals surface area contributed by atoms with E-state index in [2.05, 4.69) is 4.98 Å². The number of pyridine rings is 1. The molecule has 2 heterocycles. The lowest BCUT2D eigenvalue weighted by Gasteiger charge is -2.09. The summed E-state index contributed by atoms with van der Waals surface area (Å²) < 4.78 is 0.678. The van der Waals surface area contributed by atoms with Crippen LogP contribution in [-0.4, -0.2) is 10.1 Å². The van der Waals surface area contributed by atoms with Gasteiger partial charge < -0.3 is 5.11 Å². The predicted molar refractivity (Wildman–Crippen MR) is 62.4 cm³/mol. The van der Waals surface area contributed by atoms with Crippen molar-refractivity contribution >= 4 is 22.9 Å². The summed E-state index contributed by atoms with van der Waals surface area (Å²) in [5.74, 6) is 0. The van der Waals surface area contributed by atoms with Crippen LogP contribution in [0.25, 0.3) is 0 Å². The molecule has 1 atom stereocenters. The Morgan fingerprint density at radius 2 is 2.20 bits per heavy atom. The standard InChI is InChI=1S/C11H10ClNOS/c1-7-3-2-6-13-10(7)11(14)8-4-5-9(12)15-8/h2-6,11,14H,1H3. The first kappa shape index (κ1) is 10.6. The summed E-state index contributed by atoms with van der Waals surface area (Å²) in [7, 11) is 0. The van der Waals surface area contributed by atoms with Gasteiger partial charge in [0.25, 0.3) is 0 Å². The van der Waals surface area contributed by atoms with Crippen LogP contribution in [0, 0.1) is 6.92 Å². The van der Waals surface area contributed by atoms with Gasteiger partial charge in [-0.1, -0.05) is 17.7 Å². The van der Waals surface area contributed by atoms with Crippen LogP contribution >= 0.6 is 22.9 Å². The van der Waals surface area contributed by atoms with Crippen molar-refractivity contribution in [2.24, 2.45) is 0 Å². The molecular weight excluding hydrogens is 230 g/mol. The predicted octanol–water partition coefficient (Wildman–Crippen LogP) is 3.19. The molecule has 2 nitrogen and oxygen atoms in total. The zero-order chi connectivity index (χ0) is 10.8. The number of halogens is 1. The van der Waals surface area contributed by atoms with E-state index in [1.165, 1.54) is 11.3 Å². The molecule has 0 aliphatic heterocycles. The molecule has 0 aromatic carbocycles. The van der Waals surface area contributed by atoms with E-state index < -0.39 is 6.10 Å². The summed E-state index contributed by atoms with van der Waals surface area (Å²) >= 11 is 7.19. The second-order valence-corrected chi connectivity index (χ2v) is 5.00. The lowest BCUT2D eigenvalue weighted by Crippen LogP contribution is -2.02. The lowest BCUT2D eigenvalue weighted by molar-refractivity contribution is 0.218. The maximum atomic E-state index is 10.1.